The maximum absolute atomic E-state index is 12.8. The Morgan fingerprint density at radius 3 is 2.42 bits per heavy atom. The van der Waals surface area contributed by atoms with E-state index in [4.69, 9.17) is 0 Å². The zero-order valence-electron chi connectivity index (χ0n) is 16.9. The molecule has 0 aliphatic heterocycles. The predicted molar refractivity (Wildman–Crippen MR) is 116 cm³/mol. The van der Waals surface area contributed by atoms with Gasteiger partial charge in [0.25, 0.3) is 5.91 Å². The van der Waals surface area contributed by atoms with E-state index in [9.17, 15) is 13.2 Å². The van der Waals surface area contributed by atoms with Crippen LogP contribution in [0.2, 0.25) is 0 Å². The van der Waals surface area contributed by atoms with E-state index in [0.29, 0.717) is 17.0 Å². The van der Waals surface area contributed by atoms with Crippen LogP contribution in [0.15, 0.2) is 70.8 Å². The van der Waals surface area contributed by atoms with Crippen LogP contribution in [-0.4, -0.2) is 48.6 Å². The van der Waals surface area contributed by atoms with Crippen molar-refractivity contribution in [1.82, 2.24) is 25.5 Å². The molecule has 0 saturated heterocycles. The first-order chi connectivity index (χ1) is 14.8. The van der Waals surface area contributed by atoms with Gasteiger partial charge in [0, 0.05) is 38.4 Å². The van der Waals surface area contributed by atoms with Crippen LogP contribution in [-0.2, 0) is 16.4 Å². The number of benzene rings is 1. The summed E-state index contributed by atoms with van der Waals surface area (Å²) in [7, 11) is -0.00592. The van der Waals surface area contributed by atoms with E-state index in [2.05, 4.69) is 25.5 Å². The maximum Gasteiger partial charge on any atom is 0.253 e. The largest absolute Gasteiger partial charge is 0.363 e. The minimum Gasteiger partial charge on any atom is -0.363 e. The molecule has 0 aliphatic rings. The maximum atomic E-state index is 12.8. The summed E-state index contributed by atoms with van der Waals surface area (Å²) in [6.07, 6.45) is 4.42. The van der Waals surface area contributed by atoms with E-state index < -0.39 is 9.84 Å². The fourth-order valence-electron chi connectivity index (χ4n) is 2.96. The van der Waals surface area contributed by atoms with Crippen molar-refractivity contribution in [2.45, 2.75) is 16.3 Å². The molecule has 0 aliphatic carbocycles. The molecule has 10 heteroatoms. The molecule has 1 aromatic carbocycles. The third kappa shape index (κ3) is 4.24. The monoisotopic (exact) mass is 436 g/mol. The number of amides is 1. The molecule has 3 heterocycles. The second-order valence-electron chi connectivity index (χ2n) is 7.11. The van der Waals surface area contributed by atoms with E-state index >= 15 is 0 Å². The lowest BCUT2D eigenvalue weighted by atomic mass is 10.2. The highest BCUT2D eigenvalue weighted by atomic mass is 32.2. The van der Waals surface area contributed by atoms with Crippen LogP contribution in [0.4, 0.5) is 5.82 Å². The van der Waals surface area contributed by atoms with Gasteiger partial charge in [-0.2, -0.15) is 5.10 Å². The third-order valence-corrected chi connectivity index (χ3v) is 6.48. The van der Waals surface area contributed by atoms with Crippen LogP contribution >= 0.6 is 0 Å². The van der Waals surface area contributed by atoms with E-state index in [1.807, 2.05) is 14.1 Å². The number of aromatic amines is 1. The third-order valence-electron chi connectivity index (χ3n) is 4.73. The first kappa shape index (κ1) is 20.5. The van der Waals surface area contributed by atoms with Crippen molar-refractivity contribution in [3.05, 3.63) is 72.2 Å². The van der Waals surface area contributed by atoms with Crippen LogP contribution in [0.3, 0.4) is 0 Å². The van der Waals surface area contributed by atoms with Gasteiger partial charge in [-0.3, -0.25) is 9.89 Å². The molecule has 158 valence electrons. The topological polar surface area (TPSA) is 121 Å². The Labute approximate surface area is 179 Å². The summed E-state index contributed by atoms with van der Waals surface area (Å²) in [5.74, 6) is 0.395. The average molecular weight is 436 g/mol. The van der Waals surface area contributed by atoms with Gasteiger partial charge in [0.1, 0.15) is 5.82 Å². The fraction of sp³-hybridized carbons (Fsp3) is 0.143. The Bertz CT molecular complexity index is 1330. The lowest BCUT2D eigenvalue weighted by Gasteiger charge is -2.12. The first-order valence-electron chi connectivity index (χ1n) is 9.39. The van der Waals surface area contributed by atoms with Crippen LogP contribution < -0.4 is 10.2 Å². The van der Waals surface area contributed by atoms with Gasteiger partial charge in [-0.15, -0.1) is 0 Å². The molecule has 0 fully saturated rings. The van der Waals surface area contributed by atoms with Crippen molar-refractivity contribution < 1.29 is 13.2 Å². The standard InChI is InChI=1S/C21H20N6O3S/c1-27(2)19-8-7-18(13-22-19)31(29,30)17-5-3-14(4-6-17)10-24-21(28)16-9-15-12-25-26-20(15)23-11-16/h3-9,11-13H,10H2,1-2H3,(H,24,28)(H,23,25,26). The normalized spacial score (nSPS) is 11.4. The Balaban J connectivity index is 1.44. The van der Waals surface area contributed by atoms with Gasteiger partial charge in [0.2, 0.25) is 9.84 Å². The van der Waals surface area contributed by atoms with Crippen molar-refractivity contribution in [3.8, 4) is 0 Å². The highest BCUT2D eigenvalue weighted by Crippen LogP contribution is 2.22. The number of carbonyl (C=O) groups excluding carboxylic acids is 1. The Kier molecular flexibility index (Phi) is 5.38. The van der Waals surface area contributed by atoms with Gasteiger partial charge >= 0.3 is 0 Å². The molecule has 0 radical (unpaired) electrons. The van der Waals surface area contributed by atoms with Gasteiger partial charge in [0.15, 0.2) is 5.65 Å². The minimum absolute atomic E-state index is 0.126. The first-order valence-corrected chi connectivity index (χ1v) is 10.9. The molecule has 1 amide bonds. The lowest BCUT2D eigenvalue weighted by Crippen LogP contribution is -2.22. The molecular weight excluding hydrogens is 416 g/mol. The number of nitrogens with zero attached hydrogens (tertiary/aromatic N) is 4. The number of hydrogen-bond acceptors (Lipinski definition) is 7. The Morgan fingerprint density at radius 1 is 1.00 bits per heavy atom. The number of H-pyrrole nitrogens is 1. The fourth-order valence-corrected chi connectivity index (χ4v) is 4.17. The summed E-state index contributed by atoms with van der Waals surface area (Å²) in [6.45, 7) is 0.252. The van der Waals surface area contributed by atoms with Crippen molar-refractivity contribution in [2.75, 3.05) is 19.0 Å². The second kappa shape index (κ2) is 8.15. The van der Waals surface area contributed by atoms with Crippen molar-refractivity contribution in [1.29, 1.82) is 0 Å². The summed E-state index contributed by atoms with van der Waals surface area (Å²) in [5, 5.41) is 10.2. The summed E-state index contributed by atoms with van der Waals surface area (Å²) < 4.78 is 25.6. The number of fused-ring (bicyclic) bond motifs is 1. The highest BCUT2D eigenvalue weighted by Gasteiger charge is 2.18. The van der Waals surface area contributed by atoms with Gasteiger partial charge in [-0.1, -0.05) is 12.1 Å². The number of rotatable bonds is 6. The molecule has 0 spiro atoms. The number of hydrogen-bond donors (Lipinski definition) is 2. The van der Waals surface area contributed by atoms with Crippen LogP contribution in [0.1, 0.15) is 15.9 Å². The molecule has 0 atom stereocenters. The van der Waals surface area contributed by atoms with E-state index in [1.165, 1.54) is 30.6 Å². The summed E-state index contributed by atoms with van der Waals surface area (Å²) in [6, 6.07) is 11.3. The molecule has 0 unspecified atom stereocenters. The van der Waals surface area contributed by atoms with Crippen molar-refractivity contribution in [2.24, 2.45) is 0 Å². The molecule has 2 N–H and O–H groups in total. The molecule has 0 bridgehead atoms. The Hall–Kier alpha value is -3.79. The van der Waals surface area contributed by atoms with Crippen molar-refractivity contribution in [3.63, 3.8) is 0 Å². The van der Waals surface area contributed by atoms with Gasteiger partial charge in [-0.25, -0.2) is 18.4 Å². The second-order valence-corrected chi connectivity index (χ2v) is 9.06. The summed E-state index contributed by atoms with van der Waals surface area (Å²) >= 11 is 0. The number of carbonyl (C=O) groups is 1. The minimum atomic E-state index is -3.67. The lowest BCUT2D eigenvalue weighted by molar-refractivity contribution is 0.0950. The van der Waals surface area contributed by atoms with E-state index in [0.717, 1.165) is 10.9 Å². The van der Waals surface area contributed by atoms with Gasteiger partial charge in [0.05, 0.1) is 21.6 Å². The summed E-state index contributed by atoms with van der Waals surface area (Å²) in [4.78, 5) is 22.8. The zero-order valence-corrected chi connectivity index (χ0v) is 17.7. The SMILES string of the molecule is CN(C)c1ccc(S(=O)(=O)c2ccc(CNC(=O)c3cnc4[nH]ncc4c3)cc2)cn1. The highest BCUT2D eigenvalue weighted by molar-refractivity contribution is 7.91. The molecule has 0 saturated carbocycles. The number of pyridine rings is 2. The number of sulfone groups is 1. The predicted octanol–water partition coefficient (Wildman–Crippen LogP) is 2.18. The average Bonchev–Trinajstić information content (AvgIpc) is 3.25. The molecular formula is C21H20N6O3S. The van der Waals surface area contributed by atoms with E-state index in [-0.39, 0.29) is 22.2 Å². The Morgan fingerprint density at radius 2 is 1.74 bits per heavy atom. The van der Waals surface area contributed by atoms with E-state index in [1.54, 1.807) is 35.4 Å². The van der Waals surface area contributed by atoms with Crippen LogP contribution in [0.25, 0.3) is 11.0 Å². The van der Waals surface area contributed by atoms with Gasteiger partial charge in [-0.05, 0) is 35.9 Å². The smallest absolute Gasteiger partial charge is 0.253 e. The molecule has 9 nitrogen and oxygen atoms in total. The summed E-state index contributed by atoms with van der Waals surface area (Å²) in [5.41, 5.74) is 1.80. The number of anilines is 1. The molecule has 3 aromatic heterocycles. The molecule has 4 aromatic rings. The van der Waals surface area contributed by atoms with Gasteiger partial charge < -0.3 is 10.2 Å². The van der Waals surface area contributed by atoms with Crippen LogP contribution in [0.5, 0.6) is 0 Å². The zero-order chi connectivity index (χ0) is 22.0. The molecule has 31 heavy (non-hydrogen) atoms. The quantitative estimate of drug-likeness (QED) is 0.475. The van der Waals surface area contributed by atoms with Crippen molar-refractivity contribution >= 4 is 32.6 Å². The number of aromatic nitrogens is 4. The number of nitrogens with one attached hydrogen (secondary N) is 2. The van der Waals surface area contributed by atoms with Crippen LogP contribution in [0, 0.1) is 0 Å². The molecule has 4 rings (SSSR count).